The predicted octanol–water partition coefficient (Wildman–Crippen LogP) is 6.22. The Hall–Kier alpha value is -4.08. The Kier molecular flexibility index (Phi) is 5.82. The Morgan fingerprint density at radius 1 is 0.972 bits per heavy atom. The molecule has 10 heteroatoms. The van der Waals surface area contributed by atoms with Gasteiger partial charge >= 0.3 is 6.18 Å². The van der Waals surface area contributed by atoms with Gasteiger partial charge in [0.2, 0.25) is 0 Å². The molecule has 0 aliphatic heterocycles. The van der Waals surface area contributed by atoms with E-state index in [0.29, 0.717) is 34.7 Å². The van der Waals surface area contributed by atoms with E-state index in [2.05, 4.69) is 15.1 Å². The summed E-state index contributed by atoms with van der Waals surface area (Å²) in [7, 11) is 1.53. The molecule has 5 aromatic rings. The number of hydrogen-bond acceptors (Lipinski definition) is 4. The number of benzene rings is 2. The maximum atomic E-state index is 14.5. The van der Waals surface area contributed by atoms with E-state index in [1.807, 2.05) is 26.0 Å². The Labute approximate surface area is 204 Å². The van der Waals surface area contributed by atoms with Crippen molar-refractivity contribution >= 4 is 11.0 Å². The molecule has 0 aliphatic rings. The summed E-state index contributed by atoms with van der Waals surface area (Å²) in [5, 5.41) is 5.17. The summed E-state index contributed by atoms with van der Waals surface area (Å²) in [6.07, 6.45) is -0.202. The molecule has 0 saturated heterocycles. The number of aryl methyl sites for hydroxylation is 1. The second-order valence-corrected chi connectivity index (χ2v) is 8.89. The molecule has 0 bridgehead atoms. The van der Waals surface area contributed by atoms with E-state index in [-0.39, 0.29) is 17.6 Å². The lowest BCUT2D eigenvalue weighted by molar-refractivity contribution is -0.140. The van der Waals surface area contributed by atoms with Crippen LogP contribution in [0.25, 0.3) is 33.8 Å². The van der Waals surface area contributed by atoms with E-state index < -0.39 is 11.9 Å². The highest BCUT2D eigenvalue weighted by molar-refractivity contribution is 5.76. The maximum absolute atomic E-state index is 14.5. The number of halogens is 4. The quantitative estimate of drug-likeness (QED) is 0.272. The molecule has 0 fully saturated rings. The smallest absolute Gasteiger partial charge is 0.333 e. The van der Waals surface area contributed by atoms with Crippen LogP contribution in [-0.4, -0.2) is 29.3 Å². The van der Waals surface area contributed by atoms with Gasteiger partial charge in [0, 0.05) is 36.1 Å². The lowest BCUT2D eigenvalue weighted by atomic mass is 9.96. The van der Waals surface area contributed by atoms with Gasteiger partial charge in [-0.05, 0) is 17.5 Å². The van der Waals surface area contributed by atoms with E-state index in [0.717, 1.165) is 17.1 Å². The average Bonchev–Trinajstić information content (AvgIpc) is 3.42. The van der Waals surface area contributed by atoms with Crippen LogP contribution in [0.15, 0.2) is 61.1 Å². The third-order valence-corrected chi connectivity index (χ3v) is 5.96. The van der Waals surface area contributed by atoms with Crippen LogP contribution in [0.2, 0.25) is 0 Å². The van der Waals surface area contributed by atoms with Crippen molar-refractivity contribution in [3.8, 4) is 22.8 Å². The van der Waals surface area contributed by atoms with Crippen molar-refractivity contribution < 1.29 is 17.6 Å². The minimum absolute atomic E-state index is 0.0464. The summed E-state index contributed by atoms with van der Waals surface area (Å²) in [6.45, 7) is 4.22. The van der Waals surface area contributed by atoms with Crippen LogP contribution < -0.4 is 0 Å². The number of hydrogen-bond donors (Lipinski definition) is 0. The van der Waals surface area contributed by atoms with Gasteiger partial charge in [0.05, 0.1) is 18.1 Å². The lowest BCUT2D eigenvalue weighted by Crippen LogP contribution is -2.05. The first-order valence-corrected chi connectivity index (χ1v) is 11.3. The summed E-state index contributed by atoms with van der Waals surface area (Å²) in [5.41, 5.74) is 2.31. The summed E-state index contributed by atoms with van der Waals surface area (Å²) in [4.78, 5) is 12.9. The molecule has 0 N–H and O–H groups in total. The molecule has 0 spiro atoms. The summed E-state index contributed by atoms with van der Waals surface area (Å²) in [5.74, 6) is 0.301. The van der Waals surface area contributed by atoms with E-state index in [4.69, 9.17) is 4.98 Å². The van der Waals surface area contributed by atoms with Crippen molar-refractivity contribution in [2.45, 2.75) is 32.5 Å². The maximum Gasteiger partial charge on any atom is 0.434 e. The third kappa shape index (κ3) is 4.34. The topological polar surface area (TPSA) is 61.4 Å². The Morgan fingerprint density at radius 2 is 1.72 bits per heavy atom. The molecular weight excluding hydrogens is 472 g/mol. The molecular formula is C26H22F4N6. The van der Waals surface area contributed by atoms with Crippen LogP contribution in [-0.2, 0) is 19.8 Å². The summed E-state index contributed by atoms with van der Waals surface area (Å²) >= 11 is 0. The fraction of sp³-hybridized carbons (Fsp3) is 0.231. The van der Waals surface area contributed by atoms with Crippen LogP contribution in [0.4, 0.5) is 17.6 Å². The average molecular weight is 494 g/mol. The van der Waals surface area contributed by atoms with E-state index in [1.165, 1.54) is 17.7 Å². The minimum Gasteiger partial charge on any atom is -0.333 e. The predicted molar refractivity (Wildman–Crippen MR) is 128 cm³/mol. The monoisotopic (exact) mass is 494 g/mol. The molecule has 0 aliphatic carbocycles. The number of nitrogens with zero attached hydrogens (tertiary/aromatic N) is 6. The molecule has 3 aromatic heterocycles. The largest absolute Gasteiger partial charge is 0.434 e. The molecule has 0 amide bonds. The number of aromatic nitrogens is 6. The number of fused-ring (bicyclic) bond motifs is 1. The first-order chi connectivity index (χ1) is 17.1. The molecule has 0 saturated carbocycles. The first kappa shape index (κ1) is 23.7. The van der Waals surface area contributed by atoms with Crippen LogP contribution in [0.5, 0.6) is 0 Å². The molecule has 6 nitrogen and oxygen atoms in total. The number of rotatable bonds is 5. The van der Waals surface area contributed by atoms with Gasteiger partial charge in [-0.1, -0.05) is 50.2 Å². The van der Waals surface area contributed by atoms with Crippen molar-refractivity contribution in [3.05, 3.63) is 83.7 Å². The Morgan fingerprint density at radius 3 is 2.39 bits per heavy atom. The Balaban J connectivity index is 1.45. The van der Waals surface area contributed by atoms with E-state index >= 15 is 0 Å². The molecule has 184 valence electrons. The van der Waals surface area contributed by atoms with Gasteiger partial charge in [-0.2, -0.15) is 18.3 Å². The van der Waals surface area contributed by atoms with Gasteiger partial charge in [-0.3, -0.25) is 0 Å². The van der Waals surface area contributed by atoms with Gasteiger partial charge < -0.3 is 4.57 Å². The lowest BCUT2D eigenvalue weighted by Gasteiger charge is -2.13. The van der Waals surface area contributed by atoms with E-state index in [1.54, 1.807) is 41.3 Å². The van der Waals surface area contributed by atoms with Crippen molar-refractivity contribution in [1.29, 1.82) is 0 Å². The van der Waals surface area contributed by atoms with Crippen LogP contribution in [0.1, 0.15) is 36.6 Å². The fourth-order valence-electron chi connectivity index (χ4n) is 4.23. The molecule has 0 radical (unpaired) electrons. The number of alkyl halides is 3. The van der Waals surface area contributed by atoms with Gasteiger partial charge in [-0.15, -0.1) is 0 Å². The van der Waals surface area contributed by atoms with Crippen LogP contribution in [0.3, 0.4) is 0 Å². The fourth-order valence-corrected chi connectivity index (χ4v) is 4.23. The van der Waals surface area contributed by atoms with Crippen molar-refractivity contribution in [1.82, 2.24) is 29.3 Å². The molecule has 3 heterocycles. The molecule has 5 rings (SSSR count). The zero-order chi connectivity index (χ0) is 25.6. The first-order valence-electron chi connectivity index (χ1n) is 11.3. The zero-order valence-corrected chi connectivity index (χ0v) is 19.8. The van der Waals surface area contributed by atoms with Crippen LogP contribution >= 0.6 is 0 Å². The second-order valence-electron chi connectivity index (χ2n) is 8.89. The highest BCUT2D eigenvalue weighted by atomic mass is 19.4. The normalized spacial score (nSPS) is 12.1. The van der Waals surface area contributed by atoms with Gasteiger partial charge in [0.1, 0.15) is 11.6 Å². The summed E-state index contributed by atoms with van der Waals surface area (Å²) in [6, 6.07) is 12.0. The van der Waals surface area contributed by atoms with Gasteiger partial charge in [0.25, 0.3) is 0 Å². The minimum atomic E-state index is -4.50. The standard InChI is InChI=1S/C26H22F4N6/c1-15(2)22-19(5-4-6-20(22)27)23-31-11-18-12-32-36(25(18)34-23)13-16-7-9-17(10-8-16)24-33-21(14-35(24)3)26(28,29)30/h4-12,14-15H,13H2,1-3H3. The molecule has 36 heavy (non-hydrogen) atoms. The number of imidazole rings is 1. The molecule has 0 unspecified atom stereocenters. The van der Waals surface area contributed by atoms with Gasteiger partial charge in [0.15, 0.2) is 17.2 Å². The molecule has 2 aromatic carbocycles. The van der Waals surface area contributed by atoms with Crippen molar-refractivity contribution in [2.75, 3.05) is 0 Å². The van der Waals surface area contributed by atoms with Crippen LogP contribution in [0, 0.1) is 5.82 Å². The summed E-state index contributed by atoms with van der Waals surface area (Å²) < 4.78 is 56.6. The highest BCUT2D eigenvalue weighted by Gasteiger charge is 2.34. The SMILES string of the molecule is CC(C)c1c(F)cccc1-c1ncc2cnn(Cc3ccc(-c4nc(C(F)(F)F)cn4C)cc3)c2n1. The van der Waals surface area contributed by atoms with E-state index in [9.17, 15) is 17.6 Å². The molecule has 0 atom stereocenters. The second kappa shape index (κ2) is 8.85. The van der Waals surface area contributed by atoms with Crippen molar-refractivity contribution in [2.24, 2.45) is 7.05 Å². The third-order valence-electron chi connectivity index (χ3n) is 5.96. The highest BCUT2D eigenvalue weighted by Crippen LogP contribution is 2.32. The van der Waals surface area contributed by atoms with Crippen molar-refractivity contribution in [3.63, 3.8) is 0 Å². The van der Waals surface area contributed by atoms with Gasteiger partial charge in [-0.25, -0.2) is 24.0 Å². The Bertz CT molecular complexity index is 1550. The zero-order valence-electron chi connectivity index (χ0n) is 19.8.